The number of carbonyl (C=O) groups excluding carboxylic acids is 1. The van der Waals surface area contributed by atoms with Crippen LogP contribution >= 0.6 is 0 Å². The normalized spacial score (nSPS) is 33.2. The number of hydrogen-bond donors (Lipinski definition) is 3. The fraction of sp³-hybridized carbons (Fsp3) is 0.938. The van der Waals surface area contributed by atoms with Gasteiger partial charge in [0.25, 0.3) is 0 Å². The van der Waals surface area contributed by atoms with Crippen LogP contribution in [0, 0.1) is 0 Å². The Balaban J connectivity index is 1.97. The predicted octanol–water partition coefficient (Wildman–Crippen LogP) is 1.19. The number of likely N-dealkylation sites (N-methyl/N-ethyl adjacent to an activating group) is 1. The van der Waals surface area contributed by atoms with Crippen LogP contribution in [0.5, 0.6) is 0 Å². The lowest BCUT2D eigenvalue weighted by atomic mass is 9.82. The second kappa shape index (κ2) is 7.07. The second-order valence-corrected chi connectivity index (χ2v) is 6.88. The maximum Gasteiger partial charge on any atom is 0.225 e. The molecule has 5 heteroatoms. The first-order valence-corrected chi connectivity index (χ1v) is 8.27. The molecule has 0 radical (unpaired) electrons. The maximum absolute atomic E-state index is 12.5. The zero-order valence-corrected chi connectivity index (χ0v) is 13.0. The highest BCUT2D eigenvalue weighted by Gasteiger charge is 2.37. The number of aliphatic hydroxyl groups excluding tert-OH is 2. The van der Waals surface area contributed by atoms with Crippen molar-refractivity contribution in [2.75, 3.05) is 7.05 Å². The van der Waals surface area contributed by atoms with Gasteiger partial charge in [-0.1, -0.05) is 32.1 Å². The van der Waals surface area contributed by atoms with Crippen molar-refractivity contribution in [3.05, 3.63) is 0 Å². The quantitative estimate of drug-likeness (QED) is 0.684. The average molecular weight is 299 g/mol. The van der Waals surface area contributed by atoms with Gasteiger partial charge in [-0.05, 0) is 25.7 Å². The summed E-state index contributed by atoms with van der Waals surface area (Å²) in [6.45, 7) is 0. The van der Waals surface area contributed by atoms with Crippen molar-refractivity contribution in [3.8, 4) is 0 Å². The molecule has 21 heavy (non-hydrogen) atoms. The molecule has 0 spiro atoms. The Morgan fingerprint density at radius 2 is 1.71 bits per heavy atom. The smallest absolute Gasteiger partial charge is 0.225 e. The molecule has 0 heterocycles. The minimum atomic E-state index is -0.887. The lowest BCUT2D eigenvalue weighted by molar-refractivity contribution is -0.142. The van der Waals surface area contributed by atoms with Gasteiger partial charge in [0.05, 0.1) is 24.2 Å². The van der Waals surface area contributed by atoms with Crippen LogP contribution in [0.3, 0.4) is 0 Å². The van der Waals surface area contributed by atoms with Crippen LogP contribution < -0.4 is 0 Å². The van der Waals surface area contributed by atoms with E-state index in [4.69, 9.17) is 0 Å². The number of hydrogen-bond acceptors (Lipinski definition) is 4. The summed E-state index contributed by atoms with van der Waals surface area (Å²) in [6.07, 6.45) is 5.99. The van der Waals surface area contributed by atoms with Crippen molar-refractivity contribution in [1.29, 1.82) is 0 Å². The molecule has 5 nitrogen and oxygen atoms in total. The first-order valence-electron chi connectivity index (χ1n) is 8.27. The first-order chi connectivity index (χ1) is 9.93. The van der Waals surface area contributed by atoms with Gasteiger partial charge in [0.1, 0.15) is 6.10 Å². The van der Waals surface area contributed by atoms with Gasteiger partial charge in [-0.25, -0.2) is 0 Å². The molecule has 3 atom stereocenters. The van der Waals surface area contributed by atoms with Gasteiger partial charge >= 0.3 is 0 Å². The number of amides is 1. The van der Waals surface area contributed by atoms with E-state index >= 15 is 0 Å². The molecule has 2 aliphatic rings. The predicted molar refractivity (Wildman–Crippen MR) is 79.7 cm³/mol. The molecular weight excluding hydrogens is 270 g/mol. The van der Waals surface area contributed by atoms with Crippen molar-refractivity contribution >= 4 is 5.91 Å². The van der Waals surface area contributed by atoms with Gasteiger partial charge in [0.15, 0.2) is 0 Å². The van der Waals surface area contributed by atoms with E-state index in [0.717, 1.165) is 32.1 Å². The van der Waals surface area contributed by atoms with Crippen molar-refractivity contribution in [2.24, 2.45) is 0 Å². The van der Waals surface area contributed by atoms with Crippen LogP contribution in [0.25, 0.3) is 0 Å². The molecule has 2 fully saturated rings. The third-order valence-corrected chi connectivity index (χ3v) is 5.19. The van der Waals surface area contributed by atoms with E-state index in [0.29, 0.717) is 25.7 Å². The minimum Gasteiger partial charge on any atom is -0.390 e. The Morgan fingerprint density at radius 1 is 1.10 bits per heavy atom. The summed E-state index contributed by atoms with van der Waals surface area (Å²) in [5, 5.41) is 30.6. The molecule has 2 saturated carbocycles. The second-order valence-electron chi connectivity index (χ2n) is 6.88. The van der Waals surface area contributed by atoms with E-state index in [1.165, 1.54) is 0 Å². The van der Waals surface area contributed by atoms with Crippen LogP contribution in [0.15, 0.2) is 0 Å². The van der Waals surface area contributed by atoms with E-state index in [1.54, 1.807) is 11.9 Å². The zero-order chi connectivity index (χ0) is 15.5. The van der Waals surface area contributed by atoms with E-state index in [2.05, 4.69) is 0 Å². The number of carbonyl (C=O) groups is 1. The summed E-state index contributed by atoms with van der Waals surface area (Å²) >= 11 is 0. The van der Waals surface area contributed by atoms with Crippen LogP contribution in [-0.2, 0) is 4.79 Å². The highest BCUT2D eigenvalue weighted by Crippen LogP contribution is 2.32. The lowest BCUT2D eigenvalue weighted by Crippen LogP contribution is -2.50. The largest absolute Gasteiger partial charge is 0.390 e. The summed E-state index contributed by atoms with van der Waals surface area (Å²) < 4.78 is 0. The molecule has 2 aliphatic carbocycles. The lowest BCUT2D eigenvalue weighted by Gasteiger charge is -2.36. The first kappa shape index (κ1) is 16.7. The molecule has 0 bridgehead atoms. The molecule has 0 aliphatic heterocycles. The maximum atomic E-state index is 12.5. The van der Waals surface area contributed by atoms with Gasteiger partial charge in [0, 0.05) is 7.05 Å². The van der Waals surface area contributed by atoms with Crippen LogP contribution in [0.1, 0.15) is 64.2 Å². The Labute approximate surface area is 127 Å². The van der Waals surface area contributed by atoms with Crippen molar-refractivity contribution < 1.29 is 20.1 Å². The molecule has 0 aromatic carbocycles. The highest BCUT2D eigenvalue weighted by molar-refractivity contribution is 5.77. The third-order valence-electron chi connectivity index (χ3n) is 5.19. The Bertz CT molecular complexity index is 354. The summed E-state index contributed by atoms with van der Waals surface area (Å²) in [5.41, 5.74) is -0.877. The fourth-order valence-electron chi connectivity index (χ4n) is 3.71. The monoisotopic (exact) mass is 299 g/mol. The van der Waals surface area contributed by atoms with Gasteiger partial charge in [-0.15, -0.1) is 0 Å². The van der Waals surface area contributed by atoms with Gasteiger partial charge in [0.2, 0.25) is 5.91 Å². The molecule has 122 valence electrons. The Hall–Kier alpha value is -0.650. The highest BCUT2D eigenvalue weighted by atomic mass is 16.3. The summed E-state index contributed by atoms with van der Waals surface area (Å²) in [5.74, 6) is -0.127. The average Bonchev–Trinajstić information content (AvgIpc) is 2.61. The number of aliphatic hydroxyl groups is 3. The molecule has 0 saturated heterocycles. The number of rotatable bonds is 3. The van der Waals surface area contributed by atoms with Crippen molar-refractivity contribution in [3.63, 3.8) is 0 Å². The van der Waals surface area contributed by atoms with Crippen LogP contribution in [-0.4, -0.2) is 57.0 Å². The van der Waals surface area contributed by atoms with E-state index in [-0.39, 0.29) is 18.4 Å². The topological polar surface area (TPSA) is 81.0 Å². The van der Waals surface area contributed by atoms with Gasteiger partial charge < -0.3 is 20.2 Å². The molecular formula is C16H29NO4. The molecule has 2 rings (SSSR count). The number of nitrogens with zero attached hydrogens (tertiary/aromatic N) is 1. The van der Waals surface area contributed by atoms with Crippen LogP contribution in [0.2, 0.25) is 0 Å². The fourth-order valence-corrected chi connectivity index (χ4v) is 3.71. The molecule has 0 aromatic rings. The van der Waals surface area contributed by atoms with Crippen LogP contribution in [0.4, 0.5) is 0 Å². The molecule has 3 N–H and O–H groups in total. The van der Waals surface area contributed by atoms with Gasteiger partial charge in [-0.2, -0.15) is 0 Å². The molecule has 0 aromatic heterocycles. The summed E-state index contributed by atoms with van der Waals surface area (Å²) in [7, 11) is 1.68. The third kappa shape index (κ3) is 4.18. The zero-order valence-electron chi connectivity index (χ0n) is 13.0. The van der Waals surface area contributed by atoms with Crippen molar-refractivity contribution in [2.45, 2.75) is 88.1 Å². The van der Waals surface area contributed by atoms with Gasteiger partial charge in [-0.3, -0.25) is 4.79 Å². The standard InChI is InChI=1S/C16H29NO4/c1-17(12-7-3-4-8-13(18)15(12)20)14(19)11-16(21)9-5-2-6-10-16/h12-13,15,18,20-21H,2-11H2,1H3/t12-,13-,15-/m1/s1. The summed E-state index contributed by atoms with van der Waals surface area (Å²) in [4.78, 5) is 14.0. The van der Waals surface area contributed by atoms with E-state index < -0.39 is 17.8 Å². The molecule has 1 amide bonds. The van der Waals surface area contributed by atoms with E-state index in [1.807, 2.05) is 0 Å². The van der Waals surface area contributed by atoms with Crippen molar-refractivity contribution in [1.82, 2.24) is 4.90 Å². The summed E-state index contributed by atoms with van der Waals surface area (Å²) in [6, 6.07) is -0.345. The SMILES string of the molecule is CN(C(=O)CC1(O)CCCCC1)[C@@H]1CCCC[C@@H](O)[C@@H]1O. The van der Waals surface area contributed by atoms with E-state index in [9.17, 15) is 20.1 Å². The molecule has 0 unspecified atom stereocenters. The minimum absolute atomic E-state index is 0.127. The Kier molecular flexibility index (Phi) is 5.63. The Morgan fingerprint density at radius 3 is 2.38 bits per heavy atom.